The molecule has 1 unspecified atom stereocenters. The maximum absolute atomic E-state index is 10.6. The molecule has 0 bridgehead atoms. The number of aliphatic carboxylic acids is 2. The number of carboxylic acid groups (broad SMARTS) is 2. The maximum atomic E-state index is 10.6. The number of nitrogens with zero attached hydrogens (tertiary/aromatic N) is 2. The van der Waals surface area contributed by atoms with Gasteiger partial charge < -0.3 is 14.9 Å². The predicted octanol–water partition coefficient (Wildman–Crippen LogP) is 4.36. The molecule has 0 radical (unpaired) electrons. The zero-order chi connectivity index (χ0) is 22.3. The van der Waals surface area contributed by atoms with Crippen molar-refractivity contribution in [1.29, 1.82) is 0 Å². The third-order valence-corrected chi connectivity index (χ3v) is 3.98. The first kappa shape index (κ1) is 23.0. The van der Waals surface area contributed by atoms with Crippen LogP contribution in [0, 0.1) is 0 Å². The van der Waals surface area contributed by atoms with Crippen LogP contribution in [0.25, 0.3) is 22.1 Å². The molecule has 0 spiro atoms. The zero-order valence-corrected chi connectivity index (χ0v) is 15.9. The van der Waals surface area contributed by atoms with Crippen LogP contribution in [-0.4, -0.2) is 44.9 Å². The minimum atomic E-state index is -5.08. The molecular formula is C20H19F3N2O5. The Morgan fingerprint density at radius 2 is 1.57 bits per heavy atom. The first-order valence-electron chi connectivity index (χ1n) is 8.88. The molecular weight excluding hydrogens is 405 g/mol. The number of hydrogen-bond acceptors (Lipinski definition) is 5. The number of aromatic nitrogens is 2. The van der Waals surface area contributed by atoms with E-state index >= 15 is 0 Å². The Bertz CT molecular complexity index is 1040. The number of fused-ring (bicyclic) bond motifs is 2. The van der Waals surface area contributed by atoms with Gasteiger partial charge in [-0.05, 0) is 31.5 Å². The summed E-state index contributed by atoms with van der Waals surface area (Å²) in [7, 11) is 0. The third kappa shape index (κ3) is 6.38. The molecule has 2 N–H and O–H groups in total. The molecule has 2 aromatic carbocycles. The summed E-state index contributed by atoms with van der Waals surface area (Å²) in [6.07, 6.45) is -4.63. The highest BCUT2D eigenvalue weighted by atomic mass is 19.4. The Balaban J connectivity index is 0.000000396. The average Bonchev–Trinajstić information content (AvgIpc) is 2.68. The number of rotatable bonds is 6. The first-order valence-corrected chi connectivity index (χ1v) is 8.88. The zero-order valence-electron chi connectivity index (χ0n) is 15.9. The van der Waals surface area contributed by atoms with Crippen molar-refractivity contribution in [2.45, 2.75) is 32.0 Å². The fourth-order valence-corrected chi connectivity index (χ4v) is 2.57. The van der Waals surface area contributed by atoms with Gasteiger partial charge in [-0.15, -0.1) is 0 Å². The number of carbonyl (C=O) groups is 2. The smallest absolute Gasteiger partial charge is 0.481 e. The number of halogens is 3. The first-order chi connectivity index (χ1) is 14.1. The van der Waals surface area contributed by atoms with Gasteiger partial charge in [0.15, 0.2) is 0 Å². The van der Waals surface area contributed by atoms with E-state index < -0.39 is 18.1 Å². The molecule has 3 rings (SSSR count). The number of ether oxygens (including phenoxy) is 1. The van der Waals surface area contributed by atoms with Crippen molar-refractivity contribution in [1.82, 2.24) is 9.97 Å². The van der Waals surface area contributed by atoms with Gasteiger partial charge in [0.1, 0.15) is 0 Å². The summed E-state index contributed by atoms with van der Waals surface area (Å²) in [5.74, 6) is -3.56. The van der Waals surface area contributed by atoms with Crippen LogP contribution in [0.2, 0.25) is 0 Å². The summed E-state index contributed by atoms with van der Waals surface area (Å²) in [6.45, 7) is 2.36. The summed E-state index contributed by atoms with van der Waals surface area (Å²) in [5.41, 5.74) is 4.35. The largest absolute Gasteiger partial charge is 0.490 e. The monoisotopic (exact) mass is 424 g/mol. The molecule has 0 amide bonds. The van der Waals surface area contributed by atoms with Crippen molar-refractivity contribution in [2.24, 2.45) is 0 Å². The lowest BCUT2D eigenvalue weighted by molar-refractivity contribution is -0.192. The summed E-state index contributed by atoms with van der Waals surface area (Å²) >= 11 is 0. The second-order valence-corrected chi connectivity index (χ2v) is 6.24. The highest BCUT2D eigenvalue weighted by molar-refractivity contribution is 5.88. The van der Waals surface area contributed by atoms with Crippen LogP contribution in [0.15, 0.2) is 42.5 Å². The molecule has 10 heteroatoms. The van der Waals surface area contributed by atoms with Gasteiger partial charge in [0.2, 0.25) is 0 Å². The SMILES string of the molecule is CC(OCCCC(=O)O)c1cccc2nc3ccccc3nc12.O=C(O)C(F)(F)F. The van der Waals surface area contributed by atoms with Gasteiger partial charge in [0.25, 0.3) is 0 Å². The Hall–Kier alpha value is -3.27. The van der Waals surface area contributed by atoms with E-state index in [-0.39, 0.29) is 12.5 Å². The van der Waals surface area contributed by atoms with Crippen molar-refractivity contribution in [3.63, 3.8) is 0 Å². The van der Waals surface area contributed by atoms with Crippen molar-refractivity contribution in [3.05, 3.63) is 48.0 Å². The molecule has 1 aromatic heterocycles. The predicted molar refractivity (Wildman–Crippen MR) is 102 cm³/mol. The lowest BCUT2D eigenvalue weighted by Crippen LogP contribution is -2.21. The van der Waals surface area contributed by atoms with Crippen LogP contribution in [0.4, 0.5) is 13.2 Å². The molecule has 3 aromatic rings. The van der Waals surface area contributed by atoms with E-state index in [0.717, 1.165) is 27.6 Å². The average molecular weight is 424 g/mol. The molecule has 0 saturated carbocycles. The fourth-order valence-electron chi connectivity index (χ4n) is 2.57. The summed E-state index contributed by atoms with van der Waals surface area (Å²) in [5, 5.41) is 15.8. The van der Waals surface area contributed by atoms with Crippen LogP contribution >= 0.6 is 0 Å². The van der Waals surface area contributed by atoms with Gasteiger partial charge in [-0.2, -0.15) is 13.2 Å². The molecule has 0 fully saturated rings. The molecule has 7 nitrogen and oxygen atoms in total. The Morgan fingerprint density at radius 1 is 1.00 bits per heavy atom. The molecule has 30 heavy (non-hydrogen) atoms. The van der Waals surface area contributed by atoms with E-state index in [1.165, 1.54) is 0 Å². The topological polar surface area (TPSA) is 110 Å². The van der Waals surface area contributed by atoms with Gasteiger partial charge in [-0.3, -0.25) is 4.79 Å². The molecule has 0 aliphatic rings. The highest BCUT2D eigenvalue weighted by Crippen LogP contribution is 2.26. The molecule has 1 heterocycles. The Morgan fingerprint density at radius 3 is 2.13 bits per heavy atom. The number of carboxylic acids is 2. The summed E-state index contributed by atoms with van der Waals surface area (Å²) in [4.78, 5) is 28.8. The lowest BCUT2D eigenvalue weighted by Gasteiger charge is -2.15. The van der Waals surface area contributed by atoms with Crippen LogP contribution in [-0.2, 0) is 14.3 Å². The van der Waals surface area contributed by atoms with Crippen molar-refractivity contribution in [3.8, 4) is 0 Å². The van der Waals surface area contributed by atoms with Crippen molar-refractivity contribution >= 4 is 34.0 Å². The van der Waals surface area contributed by atoms with Crippen molar-refractivity contribution in [2.75, 3.05) is 6.61 Å². The molecule has 160 valence electrons. The van der Waals surface area contributed by atoms with E-state index in [0.29, 0.717) is 13.0 Å². The van der Waals surface area contributed by atoms with Crippen LogP contribution < -0.4 is 0 Å². The lowest BCUT2D eigenvalue weighted by atomic mass is 10.1. The Labute approximate surface area is 169 Å². The minimum Gasteiger partial charge on any atom is -0.481 e. The van der Waals surface area contributed by atoms with Gasteiger partial charge in [-0.1, -0.05) is 24.3 Å². The number of alkyl halides is 3. The van der Waals surface area contributed by atoms with Crippen LogP contribution in [0.5, 0.6) is 0 Å². The third-order valence-electron chi connectivity index (χ3n) is 3.98. The summed E-state index contributed by atoms with van der Waals surface area (Å²) in [6, 6.07) is 13.6. The normalized spacial score (nSPS) is 12.3. The highest BCUT2D eigenvalue weighted by Gasteiger charge is 2.38. The standard InChI is InChI=1S/C18H18N2O3.C2HF3O2/c1-12(23-11-5-10-17(21)22)13-6-4-9-16-18(13)20-15-8-3-2-7-14(15)19-16;3-2(4,5)1(6)7/h2-4,6-9,12H,5,10-11H2,1H3,(H,21,22);(H,6,7). The van der Waals surface area contributed by atoms with E-state index in [9.17, 15) is 18.0 Å². The quantitative estimate of drug-likeness (QED) is 0.447. The number of hydrogen-bond donors (Lipinski definition) is 2. The Kier molecular flexibility index (Phi) is 7.65. The second kappa shape index (κ2) is 9.97. The van der Waals surface area contributed by atoms with Gasteiger partial charge >= 0.3 is 18.1 Å². The summed E-state index contributed by atoms with van der Waals surface area (Å²) < 4.78 is 37.5. The number of benzene rings is 2. The van der Waals surface area contributed by atoms with Crippen LogP contribution in [0.3, 0.4) is 0 Å². The fraction of sp³-hybridized carbons (Fsp3) is 0.300. The molecule has 0 saturated heterocycles. The number of para-hydroxylation sites is 3. The van der Waals surface area contributed by atoms with E-state index in [4.69, 9.17) is 24.7 Å². The molecule has 1 atom stereocenters. The van der Waals surface area contributed by atoms with E-state index in [2.05, 4.69) is 4.98 Å². The second-order valence-electron chi connectivity index (χ2n) is 6.24. The molecule has 0 aliphatic heterocycles. The van der Waals surface area contributed by atoms with Gasteiger partial charge in [0, 0.05) is 18.6 Å². The van der Waals surface area contributed by atoms with Gasteiger partial charge in [-0.25, -0.2) is 14.8 Å². The minimum absolute atomic E-state index is 0.118. The van der Waals surface area contributed by atoms with Crippen molar-refractivity contribution < 1.29 is 37.7 Å². The van der Waals surface area contributed by atoms with E-state index in [1.807, 2.05) is 49.4 Å². The van der Waals surface area contributed by atoms with E-state index in [1.54, 1.807) is 0 Å². The maximum Gasteiger partial charge on any atom is 0.490 e. The van der Waals surface area contributed by atoms with Gasteiger partial charge in [0.05, 0.1) is 28.2 Å². The molecule has 0 aliphatic carbocycles. The van der Waals surface area contributed by atoms with Crippen LogP contribution in [0.1, 0.15) is 31.4 Å².